The minimum absolute atomic E-state index is 0.281. The highest BCUT2D eigenvalue weighted by atomic mass is 35.5. The van der Waals surface area contributed by atoms with E-state index in [1.807, 2.05) is 0 Å². The van der Waals surface area contributed by atoms with Crippen molar-refractivity contribution in [2.75, 3.05) is 21.3 Å². The summed E-state index contributed by atoms with van der Waals surface area (Å²) in [6.07, 6.45) is 0.512. The van der Waals surface area contributed by atoms with E-state index in [2.05, 4.69) is 0 Å². The van der Waals surface area contributed by atoms with Gasteiger partial charge in [-0.05, 0) is 31.4 Å². The number of hydrogen-bond donors (Lipinski definition) is 2. The summed E-state index contributed by atoms with van der Waals surface area (Å²) in [5.41, 5.74) is 6.49. The van der Waals surface area contributed by atoms with Crippen molar-refractivity contribution in [1.82, 2.24) is 0 Å². The van der Waals surface area contributed by atoms with Gasteiger partial charge in [0.2, 0.25) is 5.75 Å². The second-order valence-corrected chi connectivity index (χ2v) is 4.99. The van der Waals surface area contributed by atoms with E-state index in [-0.39, 0.29) is 6.04 Å². The van der Waals surface area contributed by atoms with Crippen molar-refractivity contribution < 1.29 is 19.3 Å². The molecule has 0 amide bonds. The molecule has 2 atom stereocenters. The van der Waals surface area contributed by atoms with Crippen LogP contribution in [0.4, 0.5) is 0 Å². The van der Waals surface area contributed by atoms with Crippen molar-refractivity contribution in [2.45, 2.75) is 31.9 Å². The summed E-state index contributed by atoms with van der Waals surface area (Å²) in [6, 6.07) is 1.48. The lowest BCUT2D eigenvalue weighted by atomic mass is 10.0. The first-order valence-electron chi connectivity index (χ1n) is 6.37. The molecule has 0 aromatic heterocycles. The molecule has 5 nitrogen and oxygen atoms in total. The van der Waals surface area contributed by atoms with Crippen LogP contribution >= 0.6 is 11.6 Å². The van der Waals surface area contributed by atoms with Crippen molar-refractivity contribution in [3.8, 4) is 17.2 Å². The van der Waals surface area contributed by atoms with Crippen LogP contribution in [0.25, 0.3) is 0 Å². The predicted molar refractivity (Wildman–Crippen MR) is 79.1 cm³/mol. The monoisotopic (exact) mass is 303 g/mol. The van der Waals surface area contributed by atoms with Gasteiger partial charge >= 0.3 is 0 Å². The summed E-state index contributed by atoms with van der Waals surface area (Å²) in [5, 5.41) is 10.2. The number of aliphatic hydroxyl groups is 1. The van der Waals surface area contributed by atoms with E-state index in [1.165, 1.54) is 14.2 Å². The summed E-state index contributed by atoms with van der Waals surface area (Å²) < 4.78 is 15.9. The average molecular weight is 304 g/mol. The van der Waals surface area contributed by atoms with Crippen LogP contribution in [0.1, 0.15) is 18.9 Å². The Bertz CT molecular complexity index is 451. The number of halogens is 1. The maximum Gasteiger partial charge on any atom is 0.205 e. The van der Waals surface area contributed by atoms with Gasteiger partial charge in [0.25, 0.3) is 0 Å². The molecule has 0 aliphatic carbocycles. The van der Waals surface area contributed by atoms with Crippen LogP contribution in [0.3, 0.4) is 0 Å². The van der Waals surface area contributed by atoms with Gasteiger partial charge in [-0.25, -0.2) is 0 Å². The second-order valence-electron chi connectivity index (χ2n) is 4.58. The fourth-order valence-electron chi connectivity index (χ4n) is 1.99. The van der Waals surface area contributed by atoms with Crippen LogP contribution in [-0.2, 0) is 6.42 Å². The number of aliphatic hydroxyl groups excluding tert-OH is 1. The molecule has 0 saturated heterocycles. The topological polar surface area (TPSA) is 73.9 Å². The molecule has 114 valence electrons. The van der Waals surface area contributed by atoms with Gasteiger partial charge in [0.15, 0.2) is 11.5 Å². The van der Waals surface area contributed by atoms with Crippen LogP contribution in [0.5, 0.6) is 17.2 Å². The fraction of sp³-hybridized carbons (Fsp3) is 0.571. The Morgan fingerprint density at radius 2 is 1.70 bits per heavy atom. The van der Waals surface area contributed by atoms with Crippen molar-refractivity contribution in [3.05, 3.63) is 16.7 Å². The molecule has 20 heavy (non-hydrogen) atoms. The van der Waals surface area contributed by atoms with Gasteiger partial charge in [-0.1, -0.05) is 11.6 Å². The van der Waals surface area contributed by atoms with Crippen molar-refractivity contribution in [3.63, 3.8) is 0 Å². The normalized spacial score (nSPS) is 13.8. The van der Waals surface area contributed by atoms with Crippen molar-refractivity contribution in [2.24, 2.45) is 5.73 Å². The largest absolute Gasteiger partial charge is 0.492 e. The maximum atomic E-state index is 9.79. The Balaban J connectivity index is 3.10. The van der Waals surface area contributed by atoms with Gasteiger partial charge in [0.1, 0.15) is 0 Å². The molecule has 0 aliphatic heterocycles. The standard InChI is InChI=1S/C14H22ClNO4/c1-8(16)11(17)6-5-9-7-10(15)13(19-3)14(20-4)12(9)18-2/h7-8,11,17H,5-6,16H2,1-4H3. The van der Waals surface area contributed by atoms with Crippen LogP contribution in [0, 0.1) is 0 Å². The predicted octanol–water partition coefficient (Wildman–Crippen LogP) is 2.01. The molecular weight excluding hydrogens is 282 g/mol. The summed E-state index contributed by atoms with van der Waals surface area (Å²) >= 11 is 6.17. The lowest BCUT2D eigenvalue weighted by Gasteiger charge is -2.19. The Morgan fingerprint density at radius 1 is 1.15 bits per heavy atom. The van der Waals surface area contributed by atoms with Crippen LogP contribution in [0.2, 0.25) is 5.02 Å². The number of hydrogen-bond acceptors (Lipinski definition) is 5. The Kier molecular flexibility index (Phi) is 6.39. The van der Waals surface area contributed by atoms with Gasteiger partial charge in [-0.3, -0.25) is 0 Å². The summed E-state index contributed by atoms with van der Waals surface area (Å²) in [5.74, 6) is 1.45. The molecule has 0 fully saturated rings. The third kappa shape index (κ3) is 3.69. The van der Waals surface area contributed by atoms with E-state index < -0.39 is 6.10 Å². The van der Waals surface area contributed by atoms with Crippen LogP contribution < -0.4 is 19.9 Å². The van der Waals surface area contributed by atoms with Gasteiger partial charge in [0.05, 0.1) is 32.5 Å². The number of benzene rings is 1. The number of aryl methyl sites for hydroxylation is 1. The molecule has 1 aromatic rings. The number of ether oxygens (including phenoxy) is 3. The number of nitrogens with two attached hydrogens (primary N) is 1. The minimum atomic E-state index is -0.577. The molecule has 3 N–H and O–H groups in total. The zero-order valence-electron chi connectivity index (χ0n) is 12.3. The van der Waals surface area contributed by atoms with Gasteiger partial charge < -0.3 is 25.1 Å². The van der Waals surface area contributed by atoms with E-state index in [4.69, 9.17) is 31.5 Å². The first kappa shape index (κ1) is 16.9. The Labute approximate surface area is 124 Å². The van der Waals surface area contributed by atoms with Crippen LogP contribution in [0.15, 0.2) is 6.07 Å². The number of methoxy groups -OCH3 is 3. The van der Waals surface area contributed by atoms with Crippen LogP contribution in [-0.4, -0.2) is 38.6 Å². The molecule has 0 bridgehead atoms. The highest BCUT2D eigenvalue weighted by Crippen LogP contribution is 2.45. The molecule has 1 aromatic carbocycles. The molecule has 2 unspecified atom stereocenters. The quantitative estimate of drug-likeness (QED) is 0.806. The number of rotatable bonds is 7. The van der Waals surface area contributed by atoms with Crippen molar-refractivity contribution >= 4 is 11.6 Å². The fourth-order valence-corrected chi connectivity index (χ4v) is 2.29. The average Bonchev–Trinajstić information content (AvgIpc) is 2.43. The Morgan fingerprint density at radius 3 is 2.15 bits per heavy atom. The van der Waals surface area contributed by atoms with E-state index >= 15 is 0 Å². The van der Waals surface area contributed by atoms with Crippen molar-refractivity contribution in [1.29, 1.82) is 0 Å². The molecule has 0 heterocycles. The van der Waals surface area contributed by atoms with Gasteiger partial charge in [-0.2, -0.15) is 0 Å². The lowest BCUT2D eigenvalue weighted by molar-refractivity contribution is 0.141. The molecule has 0 spiro atoms. The SMILES string of the molecule is COc1c(Cl)cc(CCC(O)C(C)N)c(OC)c1OC. The first-order valence-corrected chi connectivity index (χ1v) is 6.75. The summed E-state index contributed by atoms with van der Waals surface area (Å²) in [6.45, 7) is 1.77. The minimum Gasteiger partial charge on any atom is -0.492 e. The van der Waals surface area contributed by atoms with Gasteiger partial charge in [0, 0.05) is 6.04 Å². The zero-order chi connectivity index (χ0) is 15.3. The second kappa shape index (κ2) is 7.57. The van der Waals surface area contributed by atoms with E-state index in [0.717, 1.165) is 5.56 Å². The lowest BCUT2D eigenvalue weighted by Crippen LogP contribution is -2.31. The first-order chi connectivity index (χ1) is 9.46. The molecular formula is C14H22ClNO4. The highest BCUT2D eigenvalue weighted by molar-refractivity contribution is 6.32. The maximum absolute atomic E-state index is 9.79. The third-order valence-electron chi connectivity index (χ3n) is 3.15. The van der Waals surface area contributed by atoms with E-state index in [9.17, 15) is 5.11 Å². The Hall–Kier alpha value is -1.17. The summed E-state index contributed by atoms with van der Waals surface area (Å²) in [7, 11) is 4.59. The van der Waals surface area contributed by atoms with Gasteiger partial charge in [-0.15, -0.1) is 0 Å². The molecule has 0 radical (unpaired) electrons. The molecule has 6 heteroatoms. The summed E-state index contributed by atoms with van der Waals surface area (Å²) in [4.78, 5) is 0. The molecule has 0 aliphatic rings. The molecule has 1 rings (SSSR count). The smallest absolute Gasteiger partial charge is 0.205 e. The highest BCUT2D eigenvalue weighted by Gasteiger charge is 2.20. The van der Waals surface area contributed by atoms with E-state index in [0.29, 0.717) is 35.1 Å². The third-order valence-corrected chi connectivity index (χ3v) is 3.43. The molecule has 0 saturated carbocycles. The van der Waals surface area contributed by atoms with E-state index in [1.54, 1.807) is 20.1 Å². The zero-order valence-corrected chi connectivity index (χ0v) is 13.0.